The number of methoxy groups -OCH3 is 1. The molecule has 1 aromatic carbocycles. The molecule has 1 unspecified atom stereocenters. The quantitative estimate of drug-likeness (QED) is 0.646. The first-order chi connectivity index (χ1) is 6.83. The summed E-state index contributed by atoms with van der Waals surface area (Å²) in [6.07, 6.45) is 6.17. The molecule has 0 aliphatic heterocycles. The Labute approximate surface area is 86.4 Å². The highest BCUT2D eigenvalue weighted by molar-refractivity contribution is 5.14. The van der Waals surface area contributed by atoms with Crippen LogP contribution < -0.4 is 0 Å². The van der Waals surface area contributed by atoms with Crippen molar-refractivity contribution in [2.24, 2.45) is 5.92 Å². The molecule has 14 heavy (non-hydrogen) atoms. The first-order valence-corrected chi connectivity index (χ1v) is 5.06. The van der Waals surface area contributed by atoms with Gasteiger partial charge in [-0.15, -0.1) is 0 Å². The number of rotatable bonds is 5. The van der Waals surface area contributed by atoms with Crippen LogP contribution in [-0.4, -0.2) is 7.11 Å². The molecular weight excluding hydrogens is 172 g/mol. The molecule has 0 radical (unpaired) electrons. The summed E-state index contributed by atoms with van der Waals surface area (Å²) in [6.45, 7) is 2.21. The molecule has 1 nitrogen and oxygen atoms in total. The summed E-state index contributed by atoms with van der Waals surface area (Å²) in [4.78, 5) is 0. The Balaban J connectivity index is 2.30. The van der Waals surface area contributed by atoms with Crippen molar-refractivity contribution < 1.29 is 4.74 Å². The molecule has 76 valence electrons. The molecule has 0 saturated carbocycles. The van der Waals surface area contributed by atoms with E-state index < -0.39 is 0 Å². The molecule has 0 spiro atoms. The monoisotopic (exact) mass is 190 g/mol. The molecule has 0 saturated heterocycles. The molecule has 0 aromatic heterocycles. The van der Waals surface area contributed by atoms with Crippen LogP contribution in [0.5, 0.6) is 0 Å². The third-order valence-corrected chi connectivity index (χ3v) is 2.27. The van der Waals surface area contributed by atoms with Crippen LogP contribution in [0.25, 0.3) is 0 Å². The molecule has 1 heteroatoms. The Hall–Kier alpha value is -1.24. The Bertz CT molecular complexity index is 264. The normalized spacial score (nSPS) is 13.0. The van der Waals surface area contributed by atoms with Gasteiger partial charge in [0.05, 0.1) is 13.4 Å². The second kappa shape index (κ2) is 6.25. The zero-order valence-electron chi connectivity index (χ0n) is 8.94. The summed E-state index contributed by atoms with van der Waals surface area (Å²) in [5.74, 6) is 0.579. The van der Waals surface area contributed by atoms with Crippen molar-refractivity contribution in [2.75, 3.05) is 7.11 Å². The number of hydrogen-bond donors (Lipinski definition) is 0. The van der Waals surface area contributed by atoms with Crippen LogP contribution >= 0.6 is 0 Å². The number of aryl methyl sites for hydroxylation is 1. The fraction of sp³-hybridized carbons (Fsp3) is 0.385. The molecule has 0 heterocycles. The van der Waals surface area contributed by atoms with Crippen LogP contribution in [0.1, 0.15) is 18.9 Å². The molecule has 0 aliphatic rings. The molecular formula is C13H18O. The zero-order valence-corrected chi connectivity index (χ0v) is 8.94. The van der Waals surface area contributed by atoms with Crippen LogP contribution in [0.15, 0.2) is 42.7 Å². The first kappa shape index (κ1) is 10.8. The Kier molecular flexibility index (Phi) is 4.84. The fourth-order valence-corrected chi connectivity index (χ4v) is 1.35. The molecule has 0 N–H and O–H groups in total. The van der Waals surface area contributed by atoms with Crippen LogP contribution in [0, 0.1) is 5.92 Å². The largest absolute Gasteiger partial charge is 0.505 e. The number of hydrogen-bond acceptors (Lipinski definition) is 1. The summed E-state index contributed by atoms with van der Waals surface area (Å²) in [6, 6.07) is 10.6. The van der Waals surface area contributed by atoms with Crippen LogP contribution in [0.4, 0.5) is 0 Å². The van der Waals surface area contributed by atoms with Gasteiger partial charge in [0, 0.05) is 0 Å². The minimum absolute atomic E-state index is 0.579. The number of allylic oxidation sites excluding steroid dienone is 1. The van der Waals surface area contributed by atoms with E-state index in [4.69, 9.17) is 4.74 Å². The molecule has 0 fully saturated rings. The smallest absolute Gasteiger partial charge is 0.0787 e. The Morgan fingerprint density at radius 1 is 1.29 bits per heavy atom. The Morgan fingerprint density at radius 3 is 2.64 bits per heavy atom. The summed E-state index contributed by atoms with van der Waals surface area (Å²) in [5.41, 5.74) is 1.41. The van der Waals surface area contributed by atoms with E-state index in [1.54, 1.807) is 13.4 Å². The van der Waals surface area contributed by atoms with Crippen molar-refractivity contribution in [2.45, 2.75) is 19.8 Å². The van der Waals surface area contributed by atoms with Crippen molar-refractivity contribution in [3.05, 3.63) is 48.2 Å². The fourth-order valence-electron chi connectivity index (χ4n) is 1.35. The highest BCUT2D eigenvalue weighted by atomic mass is 16.5. The highest BCUT2D eigenvalue weighted by Crippen LogP contribution is 2.10. The van der Waals surface area contributed by atoms with Gasteiger partial charge >= 0.3 is 0 Å². The average Bonchev–Trinajstić information content (AvgIpc) is 2.25. The van der Waals surface area contributed by atoms with Gasteiger partial charge < -0.3 is 4.74 Å². The van der Waals surface area contributed by atoms with Gasteiger partial charge in [0.1, 0.15) is 0 Å². The van der Waals surface area contributed by atoms with Gasteiger partial charge in [0.25, 0.3) is 0 Å². The van der Waals surface area contributed by atoms with E-state index in [9.17, 15) is 0 Å². The standard InChI is InChI=1S/C13H18O/c1-12(10-11-14-2)8-9-13-6-4-3-5-7-13/h3-7,10-12H,8-9H2,1-2H3. The van der Waals surface area contributed by atoms with E-state index in [1.807, 2.05) is 0 Å². The van der Waals surface area contributed by atoms with E-state index >= 15 is 0 Å². The van der Waals surface area contributed by atoms with E-state index in [1.165, 1.54) is 12.0 Å². The Morgan fingerprint density at radius 2 is 2.00 bits per heavy atom. The lowest BCUT2D eigenvalue weighted by molar-refractivity contribution is 0.333. The van der Waals surface area contributed by atoms with E-state index in [0.29, 0.717) is 5.92 Å². The van der Waals surface area contributed by atoms with Crippen molar-refractivity contribution in [1.82, 2.24) is 0 Å². The van der Waals surface area contributed by atoms with Crippen molar-refractivity contribution in [3.8, 4) is 0 Å². The van der Waals surface area contributed by atoms with Crippen molar-refractivity contribution in [3.63, 3.8) is 0 Å². The van der Waals surface area contributed by atoms with Crippen LogP contribution in [-0.2, 0) is 11.2 Å². The molecule has 0 aliphatic carbocycles. The van der Waals surface area contributed by atoms with Gasteiger partial charge in [-0.3, -0.25) is 0 Å². The molecule has 1 aromatic rings. The summed E-state index contributed by atoms with van der Waals surface area (Å²) in [7, 11) is 1.68. The third-order valence-electron chi connectivity index (χ3n) is 2.27. The first-order valence-electron chi connectivity index (χ1n) is 5.06. The minimum atomic E-state index is 0.579. The van der Waals surface area contributed by atoms with Gasteiger partial charge in [0.2, 0.25) is 0 Å². The summed E-state index contributed by atoms with van der Waals surface area (Å²) < 4.78 is 4.88. The van der Waals surface area contributed by atoms with Gasteiger partial charge in [-0.25, -0.2) is 0 Å². The highest BCUT2D eigenvalue weighted by Gasteiger charge is 1.97. The second-order valence-corrected chi connectivity index (χ2v) is 3.57. The van der Waals surface area contributed by atoms with E-state index in [-0.39, 0.29) is 0 Å². The number of ether oxygens (including phenoxy) is 1. The summed E-state index contributed by atoms with van der Waals surface area (Å²) in [5, 5.41) is 0. The molecule has 1 atom stereocenters. The van der Waals surface area contributed by atoms with Crippen molar-refractivity contribution >= 4 is 0 Å². The lowest BCUT2D eigenvalue weighted by Gasteiger charge is -2.05. The second-order valence-electron chi connectivity index (χ2n) is 3.57. The topological polar surface area (TPSA) is 9.23 Å². The lowest BCUT2D eigenvalue weighted by atomic mass is 10.0. The maximum atomic E-state index is 4.88. The SMILES string of the molecule is COC=CC(C)CCc1ccccc1. The minimum Gasteiger partial charge on any atom is -0.505 e. The zero-order chi connectivity index (χ0) is 10.2. The molecule has 0 bridgehead atoms. The average molecular weight is 190 g/mol. The predicted molar refractivity (Wildman–Crippen MR) is 60.1 cm³/mol. The lowest BCUT2D eigenvalue weighted by Crippen LogP contribution is -1.93. The van der Waals surface area contributed by atoms with Gasteiger partial charge in [-0.05, 0) is 30.4 Å². The predicted octanol–water partition coefficient (Wildman–Crippen LogP) is 3.42. The molecule has 1 rings (SSSR count). The maximum Gasteiger partial charge on any atom is 0.0787 e. The summed E-state index contributed by atoms with van der Waals surface area (Å²) >= 11 is 0. The third kappa shape index (κ3) is 4.13. The maximum absolute atomic E-state index is 4.88. The van der Waals surface area contributed by atoms with E-state index in [0.717, 1.165) is 6.42 Å². The van der Waals surface area contributed by atoms with E-state index in [2.05, 4.69) is 43.3 Å². The van der Waals surface area contributed by atoms with Crippen LogP contribution in [0.3, 0.4) is 0 Å². The number of benzene rings is 1. The van der Waals surface area contributed by atoms with Gasteiger partial charge in [-0.2, -0.15) is 0 Å². The van der Waals surface area contributed by atoms with Crippen LogP contribution in [0.2, 0.25) is 0 Å². The molecule has 0 amide bonds. The van der Waals surface area contributed by atoms with Gasteiger partial charge in [0.15, 0.2) is 0 Å². The van der Waals surface area contributed by atoms with Gasteiger partial charge in [-0.1, -0.05) is 37.3 Å². The van der Waals surface area contributed by atoms with Crippen molar-refractivity contribution in [1.29, 1.82) is 0 Å².